The summed E-state index contributed by atoms with van der Waals surface area (Å²) < 4.78 is 72.8. The van der Waals surface area contributed by atoms with E-state index in [1.807, 2.05) is 5.32 Å². The van der Waals surface area contributed by atoms with Crippen LogP contribution >= 0.6 is 0 Å². The lowest BCUT2D eigenvalue weighted by atomic mass is 10.1. The summed E-state index contributed by atoms with van der Waals surface area (Å²) in [4.78, 5) is 0. The van der Waals surface area contributed by atoms with Crippen molar-refractivity contribution >= 4 is 0 Å². The Bertz CT molecular complexity index is 368. The number of benzene rings is 1. The third-order valence-corrected chi connectivity index (χ3v) is 1.96. The number of rotatable bonds is 3. The quantitative estimate of drug-likeness (QED) is 0.819. The van der Waals surface area contributed by atoms with E-state index in [9.17, 15) is 26.3 Å². The van der Waals surface area contributed by atoms with Crippen molar-refractivity contribution in [2.24, 2.45) is 0 Å². The first-order chi connectivity index (χ1) is 7.70. The standard InChI is InChI=1S/C10H9F6N/c11-9(12,13)6-17-5-7-3-1-2-4-8(7)10(14,15)16/h1-4,17H,5-6H2. The molecule has 1 aromatic carbocycles. The van der Waals surface area contributed by atoms with Crippen molar-refractivity contribution in [2.75, 3.05) is 6.54 Å². The van der Waals surface area contributed by atoms with Gasteiger partial charge in [-0.05, 0) is 11.6 Å². The molecule has 1 nitrogen and oxygen atoms in total. The summed E-state index contributed by atoms with van der Waals surface area (Å²) in [6.45, 7) is -1.80. The zero-order valence-corrected chi connectivity index (χ0v) is 8.49. The van der Waals surface area contributed by atoms with Gasteiger partial charge in [0.15, 0.2) is 0 Å². The highest BCUT2D eigenvalue weighted by molar-refractivity contribution is 5.29. The normalized spacial score (nSPS) is 12.8. The monoisotopic (exact) mass is 257 g/mol. The maximum atomic E-state index is 12.5. The SMILES string of the molecule is FC(F)(F)CNCc1ccccc1C(F)(F)F. The van der Waals surface area contributed by atoms with E-state index in [-0.39, 0.29) is 5.56 Å². The van der Waals surface area contributed by atoms with Crippen molar-refractivity contribution in [3.8, 4) is 0 Å². The minimum Gasteiger partial charge on any atom is -0.305 e. The molecule has 0 saturated heterocycles. The van der Waals surface area contributed by atoms with Gasteiger partial charge >= 0.3 is 12.4 Å². The van der Waals surface area contributed by atoms with Crippen LogP contribution in [-0.4, -0.2) is 12.7 Å². The Labute approximate surface area is 93.4 Å². The molecule has 0 saturated carbocycles. The largest absolute Gasteiger partial charge is 0.416 e. The molecule has 1 aromatic rings. The molecule has 0 atom stereocenters. The topological polar surface area (TPSA) is 12.0 Å². The van der Waals surface area contributed by atoms with E-state index in [2.05, 4.69) is 0 Å². The van der Waals surface area contributed by atoms with Gasteiger partial charge in [-0.3, -0.25) is 0 Å². The van der Waals surface area contributed by atoms with Gasteiger partial charge in [-0.15, -0.1) is 0 Å². The van der Waals surface area contributed by atoms with E-state index in [0.29, 0.717) is 0 Å². The predicted octanol–water partition coefficient (Wildman–Crippen LogP) is 3.36. The molecule has 0 radical (unpaired) electrons. The van der Waals surface area contributed by atoms with E-state index in [1.54, 1.807) is 0 Å². The van der Waals surface area contributed by atoms with Gasteiger partial charge in [0.25, 0.3) is 0 Å². The van der Waals surface area contributed by atoms with Crippen LogP contribution in [0.3, 0.4) is 0 Å². The number of nitrogens with one attached hydrogen (secondary N) is 1. The van der Waals surface area contributed by atoms with Crippen LogP contribution in [0.5, 0.6) is 0 Å². The molecule has 0 aromatic heterocycles. The molecule has 0 bridgehead atoms. The van der Waals surface area contributed by atoms with E-state index in [1.165, 1.54) is 12.1 Å². The number of halogens is 6. The summed E-state index contributed by atoms with van der Waals surface area (Å²) in [6, 6.07) is 4.52. The third kappa shape index (κ3) is 4.64. The minimum atomic E-state index is -4.56. The molecule has 0 spiro atoms. The molecule has 1 rings (SSSR count). The lowest BCUT2D eigenvalue weighted by molar-refractivity contribution is -0.138. The average molecular weight is 257 g/mol. The highest BCUT2D eigenvalue weighted by Gasteiger charge is 2.33. The molecule has 0 aliphatic carbocycles. The molecule has 7 heteroatoms. The Morgan fingerprint density at radius 3 is 2.06 bits per heavy atom. The second-order valence-electron chi connectivity index (χ2n) is 3.37. The Hall–Kier alpha value is -1.24. The van der Waals surface area contributed by atoms with Gasteiger partial charge in [-0.1, -0.05) is 18.2 Å². The van der Waals surface area contributed by atoms with Gasteiger partial charge in [0.1, 0.15) is 0 Å². The van der Waals surface area contributed by atoms with Crippen LogP contribution < -0.4 is 5.32 Å². The molecule has 0 amide bonds. The second-order valence-corrected chi connectivity index (χ2v) is 3.37. The number of hydrogen-bond acceptors (Lipinski definition) is 1. The predicted molar refractivity (Wildman–Crippen MR) is 49.2 cm³/mol. The smallest absolute Gasteiger partial charge is 0.305 e. The van der Waals surface area contributed by atoms with Crippen LogP contribution in [0.15, 0.2) is 24.3 Å². The molecule has 17 heavy (non-hydrogen) atoms. The summed E-state index contributed by atoms with van der Waals surface area (Å²) in [6.07, 6.45) is -9.00. The molecule has 0 unspecified atom stereocenters. The Morgan fingerprint density at radius 1 is 0.941 bits per heavy atom. The van der Waals surface area contributed by atoms with Gasteiger partial charge in [0.2, 0.25) is 0 Å². The molecule has 96 valence electrons. The summed E-state index contributed by atoms with van der Waals surface area (Å²) in [5.41, 5.74) is -1.13. The van der Waals surface area contributed by atoms with Gasteiger partial charge in [0, 0.05) is 6.54 Å². The molecular weight excluding hydrogens is 248 g/mol. The fraction of sp³-hybridized carbons (Fsp3) is 0.400. The van der Waals surface area contributed by atoms with E-state index in [0.717, 1.165) is 12.1 Å². The van der Waals surface area contributed by atoms with E-state index in [4.69, 9.17) is 0 Å². The molecule has 0 heterocycles. The highest BCUT2D eigenvalue weighted by Crippen LogP contribution is 2.31. The van der Waals surface area contributed by atoms with Crippen molar-refractivity contribution in [2.45, 2.75) is 18.9 Å². The average Bonchev–Trinajstić information content (AvgIpc) is 2.15. The fourth-order valence-corrected chi connectivity index (χ4v) is 1.29. The van der Waals surface area contributed by atoms with Crippen molar-refractivity contribution in [3.05, 3.63) is 35.4 Å². The second kappa shape index (κ2) is 4.95. The lowest BCUT2D eigenvalue weighted by Gasteiger charge is -2.13. The van der Waals surface area contributed by atoms with Gasteiger partial charge < -0.3 is 5.32 Å². The van der Waals surface area contributed by atoms with Crippen LogP contribution in [0.1, 0.15) is 11.1 Å². The summed E-state index contributed by atoms with van der Waals surface area (Å²) in [5.74, 6) is 0. The Morgan fingerprint density at radius 2 is 1.53 bits per heavy atom. The van der Waals surface area contributed by atoms with Crippen LogP contribution in [0.4, 0.5) is 26.3 Å². The van der Waals surface area contributed by atoms with Gasteiger partial charge in [0.05, 0.1) is 12.1 Å². The summed E-state index contributed by atoms with van der Waals surface area (Å²) in [5, 5.41) is 1.93. The molecule has 0 aliphatic rings. The minimum absolute atomic E-state index is 0.204. The number of alkyl halides is 6. The molecule has 1 N–H and O–H groups in total. The first-order valence-corrected chi connectivity index (χ1v) is 4.63. The Kier molecular flexibility index (Phi) is 4.03. The maximum absolute atomic E-state index is 12.5. The zero-order chi connectivity index (χ0) is 13.1. The third-order valence-electron chi connectivity index (χ3n) is 1.96. The fourth-order valence-electron chi connectivity index (χ4n) is 1.29. The van der Waals surface area contributed by atoms with Crippen molar-refractivity contribution in [3.63, 3.8) is 0 Å². The van der Waals surface area contributed by atoms with E-state index < -0.39 is 31.0 Å². The lowest BCUT2D eigenvalue weighted by Crippen LogP contribution is -2.29. The van der Waals surface area contributed by atoms with Gasteiger partial charge in [-0.2, -0.15) is 26.3 Å². The summed E-state index contributed by atoms with van der Waals surface area (Å²) >= 11 is 0. The zero-order valence-electron chi connectivity index (χ0n) is 8.49. The van der Waals surface area contributed by atoms with Crippen LogP contribution in [-0.2, 0) is 12.7 Å². The van der Waals surface area contributed by atoms with Crippen LogP contribution in [0, 0.1) is 0 Å². The molecule has 0 fully saturated rings. The van der Waals surface area contributed by atoms with Gasteiger partial charge in [-0.25, -0.2) is 0 Å². The molecule has 0 aliphatic heterocycles. The van der Waals surface area contributed by atoms with Crippen LogP contribution in [0.25, 0.3) is 0 Å². The number of hydrogen-bond donors (Lipinski definition) is 1. The van der Waals surface area contributed by atoms with Crippen LogP contribution in [0.2, 0.25) is 0 Å². The highest BCUT2D eigenvalue weighted by atomic mass is 19.4. The molecular formula is C10H9F6N. The van der Waals surface area contributed by atoms with Crippen molar-refractivity contribution in [1.29, 1.82) is 0 Å². The summed E-state index contributed by atoms with van der Waals surface area (Å²) in [7, 11) is 0. The van der Waals surface area contributed by atoms with Crippen molar-refractivity contribution in [1.82, 2.24) is 5.32 Å². The first-order valence-electron chi connectivity index (χ1n) is 4.63. The van der Waals surface area contributed by atoms with Crippen molar-refractivity contribution < 1.29 is 26.3 Å². The Balaban J connectivity index is 2.72. The maximum Gasteiger partial charge on any atom is 0.416 e. The van der Waals surface area contributed by atoms with E-state index >= 15 is 0 Å². The first kappa shape index (κ1) is 13.8.